The molecule has 1 aromatic heterocycles. The Balaban J connectivity index is 2.54. The molecule has 1 aromatic carbocycles. The van der Waals surface area contributed by atoms with Crippen molar-refractivity contribution in [1.82, 2.24) is 4.57 Å². The van der Waals surface area contributed by atoms with Gasteiger partial charge in [-0.15, -0.1) is 0 Å². The van der Waals surface area contributed by atoms with Crippen LogP contribution in [0.15, 0.2) is 18.2 Å². The van der Waals surface area contributed by atoms with Crippen LogP contribution in [0.3, 0.4) is 0 Å². The smallest absolute Gasteiger partial charge is 0.305 e. The highest BCUT2D eigenvalue weighted by Crippen LogP contribution is 2.26. The van der Waals surface area contributed by atoms with Gasteiger partial charge in [0, 0.05) is 23.1 Å². The molecule has 0 fully saturated rings. The normalized spacial score (nSPS) is 11.0. The minimum absolute atomic E-state index is 0.0709. The number of carboxylic acid groups (broad SMARTS) is 1. The predicted molar refractivity (Wildman–Crippen MR) is 63.6 cm³/mol. The Bertz CT molecular complexity index is 587. The fourth-order valence-electron chi connectivity index (χ4n) is 2.12. The van der Waals surface area contributed by atoms with Crippen molar-refractivity contribution in [2.75, 3.05) is 0 Å². The van der Waals surface area contributed by atoms with Gasteiger partial charge in [0.15, 0.2) is 0 Å². The molecule has 2 rings (SSSR count). The van der Waals surface area contributed by atoms with E-state index in [1.165, 1.54) is 12.1 Å². The molecule has 0 bridgehead atoms. The molecule has 0 aliphatic rings. The molecule has 0 radical (unpaired) electrons. The molecule has 0 aliphatic heterocycles. The number of benzene rings is 1. The Hall–Kier alpha value is -1.84. The largest absolute Gasteiger partial charge is 0.481 e. The van der Waals surface area contributed by atoms with E-state index in [4.69, 9.17) is 5.11 Å². The quantitative estimate of drug-likeness (QED) is 0.888. The SMILES string of the molecule is Cc1c(C)n(CCC(=O)O)c2ccc(F)cc12. The van der Waals surface area contributed by atoms with Crippen molar-refractivity contribution < 1.29 is 14.3 Å². The number of halogens is 1. The van der Waals surface area contributed by atoms with Gasteiger partial charge in [0.25, 0.3) is 0 Å². The van der Waals surface area contributed by atoms with Gasteiger partial charge < -0.3 is 9.67 Å². The number of aliphatic carboxylic acids is 1. The molecule has 0 unspecified atom stereocenters. The summed E-state index contributed by atoms with van der Waals surface area (Å²) in [5.41, 5.74) is 2.89. The number of nitrogens with zero attached hydrogens (tertiary/aromatic N) is 1. The second-order valence-corrected chi connectivity index (χ2v) is 4.17. The van der Waals surface area contributed by atoms with Gasteiger partial charge in [-0.3, -0.25) is 4.79 Å². The first-order valence-electron chi connectivity index (χ1n) is 5.47. The number of carbonyl (C=O) groups is 1. The van der Waals surface area contributed by atoms with Crippen LogP contribution in [-0.2, 0) is 11.3 Å². The van der Waals surface area contributed by atoms with E-state index in [9.17, 15) is 9.18 Å². The minimum atomic E-state index is -0.828. The van der Waals surface area contributed by atoms with Crippen LogP contribution in [0, 0.1) is 19.7 Å². The summed E-state index contributed by atoms with van der Waals surface area (Å²) in [4.78, 5) is 10.6. The summed E-state index contributed by atoms with van der Waals surface area (Å²) in [6, 6.07) is 4.60. The Morgan fingerprint density at radius 1 is 1.41 bits per heavy atom. The maximum atomic E-state index is 13.2. The molecule has 2 aromatic rings. The van der Waals surface area contributed by atoms with Crippen LogP contribution in [0.5, 0.6) is 0 Å². The molecular formula is C13H14FNO2. The van der Waals surface area contributed by atoms with Gasteiger partial charge in [-0.1, -0.05) is 0 Å². The molecule has 1 heterocycles. The number of rotatable bonds is 3. The maximum absolute atomic E-state index is 13.2. The highest BCUT2D eigenvalue weighted by Gasteiger charge is 2.12. The lowest BCUT2D eigenvalue weighted by atomic mass is 10.1. The molecule has 0 saturated heterocycles. The van der Waals surface area contributed by atoms with Gasteiger partial charge in [-0.2, -0.15) is 0 Å². The molecule has 3 nitrogen and oxygen atoms in total. The molecule has 17 heavy (non-hydrogen) atoms. The topological polar surface area (TPSA) is 42.2 Å². The zero-order valence-electron chi connectivity index (χ0n) is 9.83. The van der Waals surface area contributed by atoms with E-state index in [0.29, 0.717) is 6.54 Å². The van der Waals surface area contributed by atoms with Crippen LogP contribution in [0.25, 0.3) is 10.9 Å². The highest BCUT2D eigenvalue weighted by molar-refractivity contribution is 5.85. The zero-order chi connectivity index (χ0) is 12.6. The third kappa shape index (κ3) is 2.02. The molecule has 0 saturated carbocycles. The lowest BCUT2D eigenvalue weighted by molar-refractivity contribution is -0.137. The summed E-state index contributed by atoms with van der Waals surface area (Å²) in [5.74, 6) is -1.10. The van der Waals surface area contributed by atoms with E-state index in [2.05, 4.69) is 0 Å². The number of fused-ring (bicyclic) bond motifs is 1. The highest BCUT2D eigenvalue weighted by atomic mass is 19.1. The molecule has 0 atom stereocenters. The van der Waals surface area contributed by atoms with Gasteiger partial charge >= 0.3 is 5.97 Å². The Morgan fingerprint density at radius 3 is 2.76 bits per heavy atom. The summed E-state index contributed by atoms with van der Waals surface area (Å²) >= 11 is 0. The number of aryl methyl sites for hydroxylation is 2. The summed E-state index contributed by atoms with van der Waals surface area (Å²) in [6.07, 6.45) is 0.0709. The fraction of sp³-hybridized carbons (Fsp3) is 0.308. The van der Waals surface area contributed by atoms with E-state index in [1.54, 1.807) is 6.07 Å². The van der Waals surface area contributed by atoms with Crippen LogP contribution in [-0.4, -0.2) is 15.6 Å². The monoisotopic (exact) mass is 235 g/mol. The Labute approximate surface area is 98.5 Å². The summed E-state index contributed by atoms with van der Waals surface area (Å²) in [5, 5.41) is 9.57. The van der Waals surface area contributed by atoms with Crippen molar-refractivity contribution in [3.63, 3.8) is 0 Å². The van der Waals surface area contributed by atoms with Gasteiger partial charge in [-0.05, 0) is 37.6 Å². The molecule has 1 N–H and O–H groups in total. The van der Waals surface area contributed by atoms with Gasteiger partial charge in [0.05, 0.1) is 6.42 Å². The van der Waals surface area contributed by atoms with Crippen molar-refractivity contribution in [2.24, 2.45) is 0 Å². The van der Waals surface area contributed by atoms with E-state index in [0.717, 1.165) is 22.2 Å². The molecule has 0 aliphatic carbocycles. The van der Waals surface area contributed by atoms with E-state index < -0.39 is 5.97 Å². The van der Waals surface area contributed by atoms with Crippen LogP contribution < -0.4 is 0 Å². The summed E-state index contributed by atoms with van der Waals surface area (Å²) < 4.78 is 15.1. The van der Waals surface area contributed by atoms with E-state index in [1.807, 2.05) is 18.4 Å². The van der Waals surface area contributed by atoms with E-state index >= 15 is 0 Å². The van der Waals surface area contributed by atoms with E-state index in [-0.39, 0.29) is 12.2 Å². The third-order valence-corrected chi connectivity index (χ3v) is 3.15. The molecule has 90 valence electrons. The number of carboxylic acids is 1. The summed E-state index contributed by atoms with van der Waals surface area (Å²) in [6.45, 7) is 4.26. The van der Waals surface area contributed by atoms with Crippen molar-refractivity contribution >= 4 is 16.9 Å². The number of aromatic nitrogens is 1. The second kappa shape index (κ2) is 4.20. The van der Waals surface area contributed by atoms with Gasteiger partial charge in [-0.25, -0.2) is 4.39 Å². The Kier molecular flexibility index (Phi) is 2.88. The summed E-state index contributed by atoms with van der Waals surface area (Å²) in [7, 11) is 0. The average Bonchev–Trinajstić information content (AvgIpc) is 2.50. The Morgan fingerprint density at radius 2 is 2.12 bits per heavy atom. The number of hydrogen-bond donors (Lipinski definition) is 1. The number of hydrogen-bond acceptors (Lipinski definition) is 1. The lowest BCUT2D eigenvalue weighted by Crippen LogP contribution is -2.05. The maximum Gasteiger partial charge on any atom is 0.305 e. The predicted octanol–water partition coefficient (Wildman–Crippen LogP) is 2.87. The molecular weight excluding hydrogens is 221 g/mol. The van der Waals surface area contributed by atoms with Crippen LogP contribution in [0.4, 0.5) is 4.39 Å². The van der Waals surface area contributed by atoms with Crippen molar-refractivity contribution in [1.29, 1.82) is 0 Å². The molecule has 0 spiro atoms. The zero-order valence-corrected chi connectivity index (χ0v) is 9.83. The van der Waals surface area contributed by atoms with Crippen LogP contribution >= 0.6 is 0 Å². The first-order valence-corrected chi connectivity index (χ1v) is 5.47. The first-order chi connectivity index (χ1) is 8.00. The lowest BCUT2D eigenvalue weighted by Gasteiger charge is -2.06. The van der Waals surface area contributed by atoms with Gasteiger partial charge in [0.1, 0.15) is 5.82 Å². The third-order valence-electron chi connectivity index (χ3n) is 3.15. The van der Waals surface area contributed by atoms with Crippen molar-refractivity contribution in [3.05, 3.63) is 35.3 Å². The van der Waals surface area contributed by atoms with Crippen molar-refractivity contribution in [2.45, 2.75) is 26.8 Å². The molecule has 0 amide bonds. The standard InChI is InChI=1S/C13H14FNO2/c1-8-9(2)15(6-5-13(16)17)12-4-3-10(14)7-11(8)12/h3-4,7H,5-6H2,1-2H3,(H,16,17). The second-order valence-electron chi connectivity index (χ2n) is 4.17. The van der Waals surface area contributed by atoms with Crippen molar-refractivity contribution in [3.8, 4) is 0 Å². The van der Waals surface area contributed by atoms with Gasteiger partial charge in [0.2, 0.25) is 0 Å². The van der Waals surface area contributed by atoms with Crippen LogP contribution in [0.1, 0.15) is 17.7 Å². The first kappa shape index (κ1) is 11.6. The minimum Gasteiger partial charge on any atom is -0.481 e. The fourth-order valence-corrected chi connectivity index (χ4v) is 2.12. The van der Waals surface area contributed by atoms with Crippen LogP contribution in [0.2, 0.25) is 0 Å². The average molecular weight is 235 g/mol. The molecule has 4 heteroatoms.